The lowest BCUT2D eigenvalue weighted by molar-refractivity contribution is 0.584. The summed E-state index contributed by atoms with van der Waals surface area (Å²) < 4.78 is 29.0. The standard InChI is InChI=1S/C12H13ClO3S/c1-8(2)17(14,15)7-9-6-16-12-10(9)4-3-5-11(12)13/h3-6,8H,7H2,1-2H3. The summed E-state index contributed by atoms with van der Waals surface area (Å²) in [7, 11) is -3.13. The highest BCUT2D eigenvalue weighted by molar-refractivity contribution is 7.91. The van der Waals surface area contributed by atoms with Gasteiger partial charge in [0.1, 0.15) is 0 Å². The van der Waals surface area contributed by atoms with Crippen LogP contribution in [0.25, 0.3) is 11.0 Å². The van der Waals surface area contributed by atoms with Gasteiger partial charge in [-0.25, -0.2) is 8.42 Å². The highest BCUT2D eigenvalue weighted by atomic mass is 35.5. The van der Waals surface area contributed by atoms with Crippen molar-refractivity contribution in [2.24, 2.45) is 0 Å². The summed E-state index contributed by atoms with van der Waals surface area (Å²) in [6, 6.07) is 5.32. The van der Waals surface area contributed by atoms with E-state index in [1.165, 1.54) is 6.26 Å². The van der Waals surface area contributed by atoms with Crippen molar-refractivity contribution in [2.45, 2.75) is 24.9 Å². The maximum Gasteiger partial charge on any atom is 0.156 e. The van der Waals surface area contributed by atoms with E-state index in [-0.39, 0.29) is 5.75 Å². The molecule has 0 radical (unpaired) electrons. The van der Waals surface area contributed by atoms with Gasteiger partial charge in [-0.2, -0.15) is 0 Å². The van der Waals surface area contributed by atoms with Crippen LogP contribution in [0.15, 0.2) is 28.9 Å². The Labute approximate surface area is 105 Å². The van der Waals surface area contributed by atoms with Crippen molar-refractivity contribution in [3.8, 4) is 0 Å². The Morgan fingerprint density at radius 1 is 1.35 bits per heavy atom. The number of sulfone groups is 1. The van der Waals surface area contributed by atoms with Gasteiger partial charge in [0.15, 0.2) is 15.4 Å². The topological polar surface area (TPSA) is 47.3 Å². The lowest BCUT2D eigenvalue weighted by atomic mass is 10.2. The third-order valence-electron chi connectivity index (χ3n) is 2.71. The van der Waals surface area contributed by atoms with E-state index < -0.39 is 15.1 Å². The minimum Gasteiger partial charge on any atom is -0.462 e. The van der Waals surface area contributed by atoms with Crippen LogP contribution in [0.4, 0.5) is 0 Å². The molecule has 0 spiro atoms. The molecule has 0 bridgehead atoms. The number of benzene rings is 1. The lowest BCUT2D eigenvalue weighted by Crippen LogP contribution is -2.15. The summed E-state index contributed by atoms with van der Waals surface area (Å²) in [6.07, 6.45) is 1.47. The first-order chi connectivity index (χ1) is 7.92. The van der Waals surface area contributed by atoms with Gasteiger partial charge in [0.25, 0.3) is 0 Å². The highest BCUT2D eigenvalue weighted by Gasteiger charge is 2.20. The van der Waals surface area contributed by atoms with Gasteiger partial charge in [-0.15, -0.1) is 0 Å². The van der Waals surface area contributed by atoms with Crippen molar-refractivity contribution in [2.75, 3.05) is 0 Å². The number of halogens is 1. The Bertz CT molecular complexity index is 641. The molecular weight excluding hydrogens is 260 g/mol. The van der Waals surface area contributed by atoms with Crippen molar-refractivity contribution in [1.82, 2.24) is 0 Å². The van der Waals surface area contributed by atoms with Gasteiger partial charge in [-0.05, 0) is 19.9 Å². The zero-order chi connectivity index (χ0) is 12.6. The number of rotatable bonds is 3. The lowest BCUT2D eigenvalue weighted by Gasteiger charge is -2.05. The van der Waals surface area contributed by atoms with Gasteiger partial charge in [0, 0.05) is 10.9 Å². The zero-order valence-electron chi connectivity index (χ0n) is 9.60. The highest BCUT2D eigenvalue weighted by Crippen LogP contribution is 2.29. The summed E-state index contributed by atoms with van der Waals surface area (Å²) in [6.45, 7) is 3.34. The van der Waals surface area contributed by atoms with E-state index in [0.717, 1.165) is 5.39 Å². The van der Waals surface area contributed by atoms with Crippen molar-refractivity contribution < 1.29 is 12.8 Å². The summed E-state index contributed by atoms with van der Waals surface area (Å²) in [4.78, 5) is 0. The zero-order valence-corrected chi connectivity index (χ0v) is 11.2. The molecule has 0 N–H and O–H groups in total. The summed E-state index contributed by atoms with van der Waals surface area (Å²) in [5.41, 5.74) is 1.21. The van der Waals surface area contributed by atoms with Crippen LogP contribution >= 0.6 is 11.6 Å². The second kappa shape index (κ2) is 4.35. The number of hydrogen-bond acceptors (Lipinski definition) is 3. The fourth-order valence-corrected chi connectivity index (χ4v) is 2.78. The van der Waals surface area contributed by atoms with Crippen molar-refractivity contribution >= 4 is 32.4 Å². The Balaban J connectivity index is 2.48. The van der Waals surface area contributed by atoms with Gasteiger partial charge in [-0.1, -0.05) is 23.7 Å². The summed E-state index contributed by atoms with van der Waals surface area (Å²) in [5.74, 6) is -0.0159. The SMILES string of the molecule is CC(C)S(=O)(=O)Cc1coc2c(Cl)cccc12. The molecular formula is C12H13ClO3S. The smallest absolute Gasteiger partial charge is 0.156 e. The predicted octanol–water partition coefficient (Wildman–Crippen LogP) is 3.41. The molecule has 3 nitrogen and oxygen atoms in total. The van der Waals surface area contributed by atoms with Crippen molar-refractivity contribution in [3.05, 3.63) is 35.0 Å². The monoisotopic (exact) mass is 272 g/mol. The second-order valence-electron chi connectivity index (χ2n) is 4.23. The van der Waals surface area contributed by atoms with Crippen LogP contribution in [-0.2, 0) is 15.6 Å². The van der Waals surface area contributed by atoms with Gasteiger partial charge in [0.2, 0.25) is 0 Å². The molecule has 1 aromatic carbocycles. The molecule has 0 atom stereocenters. The molecule has 1 aromatic heterocycles. The fraction of sp³-hybridized carbons (Fsp3) is 0.333. The van der Waals surface area contributed by atoms with Crippen LogP contribution in [0.3, 0.4) is 0 Å². The molecule has 1 heterocycles. The van der Waals surface area contributed by atoms with Crippen LogP contribution in [0, 0.1) is 0 Å². The number of fused-ring (bicyclic) bond motifs is 1. The summed E-state index contributed by atoms with van der Waals surface area (Å²) >= 11 is 5.96. The third kappa shape index (κ3) is 2.33. The first-order valence-corrected chi connectivity index (χ1v) is 7.37. The Morgan fingerprint density at radius 3 is 2.71 bits per heavy atom. The molecule has 5 heteroatoms. The molecule has 0 aliphatic heterocycles. The van der Waals surface area contributed by atoms with Crippen LogP contribution in [-0.4, -0.2) is 13.7 Å². The van der Waals surface area contributed by atoms with E-state index in [2.05, 4.69) is 0 Å². The van der Waals surface area contributed by atoms with Gasteiger partial charge in [-0.3, -0.25) is 0 Å². The molecule has 17 heavy (non-hydrogen) atoms. The number of para-hydroxylation sites is 1. The van der Waals surface area contributed by atoms with E-state index in [9.17, 15) is 8.42 Å². The van der Waals surface area contributed by atoms with E-state index in [4.69, 9.17) is 16.0 Å². The fourth-order valence-electron chi connectivity index (χ4n) is 1.57. The molecule has 92 valence electrons. The van der Waals surface area contributed by atoms with E-state index in [1.807, 2.05) is 6.07 Å². The maximum absolute atomic E-state index is 11.9. The summed E-state index contributed by atoms with van der Waals surface area (Å²) in [5, 5.41) is 0.865. The molecule has 0 fully saturated rings. The van der Waals surface area contributed by atoms with Crippen LogP contribution < -0.4 is 0 Å². The molecule has 0 unspecified atom stereocenters. The van der Waals surface area contributed by atoms with Gasteiger partial charge >= 0.3 is 0 Å². The van der Waals surface area contributed by atoms with E-state index in [0.29, 0.717) is 16.2 Å². The van der Waals surface area contributed by atoms with Crippen molar-refractivity contribution in [3.63, 3.8) is 0 Å². The molecule has 2 rings (SSSR count). The van der Waals surface area contributed by atoms with Gasteiger partial charge in [0.05, 0.1) is 22.3 Å². The molecule has 2 aromatic rings. The molecule has 0 saturated heterocycles. The first kappa shape index (κ1) is 12.5. The van der Waals surface area contributed by atoms with E-state index in [1.54, 1.807) is 26.0 Å². The minimum absolute atomic E-state index is 0.0159. The molecule has 0 saturated carbocycles. The van der Waals surface area contributed by atoms with E-state index >= 15 is 0 Å². The normalized spacial score (nSPS) is 12.5. The Hall–Kier alpha value is -1.00. The molecule has 0 aliphatic rings. The van der Waals surface area contributed by atoms with Crippen LogP contribution in [0.2, 0.25) is 5.02 Å². The number of furan rings is 1. The van der Waals surface area contributed by atoms with Crippen molar-refractivity contribution in [1.29, 1.82) is 0 Å². The average molecular weight is 273 g/mol. The van der Waals surface area contributed by atoms with Crippen LogP contribution in [0.1, 0.15) is 19.4 Å². The second-order valence-corrected chi connectivity index (χ2v) is 7.20. The Kier molecular flexibility index (Phi) is 3.19. The number of hydrogen-bond donors (Lipinski definition) is 0. The van der Waals surface area contributed by atoms with Crippen LogP contribution in [0.5, 0.6) is 0 Å². The van der Waals surface area contributed by atoms with Gasteiger partial charge < -0.3 is 4.42 Å². The largest absolute Gasteiger partial charge is 0.462 e. The predicted molar refractivity (Wildman–Crippen MR) is 69.0 cm³/mol. The quantitative estimate of drug-likeness (QED) is 0.860. The third-order valence-corrected chi connectivity index (χ3v) is 5.15. The molecule has 0 amide bonds. The Morgan fingerprint density at radius 2 is 2.06 bits per heavy atom. The maximum atomic E-state index is 11.9. The first-order valence-electron chi connectivity index (χ1n) is 5.28. The average Bonchev–Trinajstić information content (AvgIpc) is 2.62. The minimum atomic E-state index is -3.13. The molecule has 0 aliphatic carbocycles.